The molecular weight excluding hydrogens is 317 g/mol. The van der Waals surface area contributed by atoms with Gasteiger partial charge in [0, 0.05) is 25.8 Å². The van der Waals surface area contributed by atoms with Crippen molar-refractivity contribution in [3.63, 3.8) is 0 Å². The number of halogens is 1. The Morgan fingerprint density at radius 3 is 2.65 bits per heavy atom. The topological polar surface area (TPSA) is 54.5 Å². The Balaban J connectivity index is 2.00. The maximum absolute atomic E-state index is 13.2. The number of aryl methyl sites for hydroxylation is 1. The van der Waals surface area contributed by atoms with E-state index in [4.69, 9.17) is 0 Å². The number of carbonyl (C=O) groups is 1. The Labute approximate surface area is 137 Å². The first-order valence-electron chi connectivity index (χ1n) is 7.98. The van der Waals surface area contributed by atoms with E-state index in [1.807, 2.05) is 0 Å². The van der Waals surface area contributed by atoms with Crippen LogP contribution in [0.2, 0.25) is 0 Å². The normalized spacial score (nSPS) is 21.9. The number of nitrogens with zero attached hydrogens (tertiary/aromatic N) is 1. The standard InChI is InChI=1S/C17H24FNO3S/c1-19(15-8-3-4-9-16(15)23(2,21)22)17(20)11-10-13-6-5-7-14(18)12-13/h5-7,12,15-16H,3-4,8-11H2,1-2H3. The van der Waals surface area contributed by atoms with Crippen molar-refractivity contribution >= 4 is 15.7 Å². The summed E-state index contributed by atoms with van der Waals surface area (Å²) in [5, 5.41) is -0.473. The third-order valence-corrected chi connectivity index (χ3v) is 6.27. The van der Waals surface area contributed by atoms with Crippen LogP contribution in [0.25, 0.3) is 0 Å². The van der Waals surface area contributed by atoms with Gasteiger partial charge in [0.05, 0.1) is 5.25 Å². The average molecular weight is 341 g/mol. The molecule has 6 heteroatoms. The van der Waals surface area contributed by atoms with Crippen molar-refractivity contribution in [3.8, 4) is 0 Å². The molecule has 1 aromatic carbocycles. The molecule has 4 nitrogen and oxygen atoms in total. The van der Waals surface area contributed by atoms with Crippen LogP contribution in [0.5, 0.6) is 0 Å². The second-order valence-corrected chi connectivity index (χ2v) is 8.62. The number of sulfone groups is 1. The molecule has 128 valence electrons. The van der Waals surface area contributed by atoms with Gasteiger partial charge < -0.3 is 4.90 Å². The Kier molecular flexibility index (Phi) is 5.79. The molecule has 1 aromatic rings. The Morgan fingerprint density at radius 1 is 1.30 bits per heavy atom. The van der Waals surface area contributed by atoms with Crippen molar-refractivity contribution < 1.29 is 17.6 Å². The highest BCUT2D eigenvalue weighted by Crippen LogP contribution is 2.27. The fraction of sp³-hybridized carbons (Fsp3) is 0.588. The van der Waals surface area contributed by atoms with Gasteiger partial charge in [-0.2, -0.15) is 0 Å². The van der Waals surface area contributed by atoms with Crippen LogP contribution in [0.1, 0.15) is 37.7 Å². The molecule has 1 fully saturated rings. The van der Waals surface area contributed by atoms with E-state index in [2.05, 4.69) is 0 Å². The highest BCUT2D eigenvalue weighted by Gasteiger charge is 2.36. The van der Waals surface area contributed by atoms with Crippen LogP contribution in [0.3, 0.4) is 0 Å². The van der Waals surface area contributed by atoms with Gasteiger partial charge in [0.25, 0.3) is 0 Å². The summed E-state index contributed by atoms with van der Waals surface area (Å²) >= 11 is 0. The van der Waals surface area contributed by atoms with E-state index in [-0.39, 0.29) is 24.2 Å². The summed E-state index contributed by atoms with van der Waals surface area (Å²) in [4.78, 5) is 14.0. The van der Waals surface area contributed by atoms with Gasteiger partial charge in [0.15, 0.2) is 9.84 Å². The molecule has 1 aliphatic carbocycles. The summed E-state index contributed by atoms with van der Waals surface area (Å²) in [5.41, 5.74) is 0.773. The van der Waals surface area contributed by atoms with Gasteiger partial charge >= 0.3 is 0 Å². The van der Waals surface area contributed by atoms with Crippen molar-refractivity contribution in [2.24, 2.45) is 0 Å². The Hall–Kier alpha value is -1.43. The third-order valence-electron chi connectivity index (χ3n) is 4.63. The molecule has 0 aromatic heterocycles. The highest BCUT2D eigenvalue weighted by atomic mass is 32.2. The minimum Gasteiger partial charge on any atom is -0.341 e. The number of amides is 1. The molecule has 2 rings (SSSR count). The number of hydrogen-bond donors (Lipinski definition) is 0. The highest BCUT2D eigenvalue weighted by molar-refractivity contribution is 7.91. The van der Waals surface area contributed by atoms with Crippen LogP contribution in [0, 0.1) is 5.82 Å². The fourth-order valence-corrected chi connectivity index (χ4v) is 4.81. The molecule has 2 unspecified atom stereocenters. The van der Waals surface area contributed by atoms with E-state index in [9.17, 15) is 17.6 Å². The SMILES string of the molecule is CN(C(=O)CCc1cccc(F)c1)C1CCCCC1S(C)(=O)=O. The second-order valence-electron chi connectivity index (χ2n) is 6.35. The van der Waals surface area contributed by atoms with Crippen molar-refractivity contribution in [2.45, 2.75) is 49.8 Å². The summed E-state index contributed by atoms with van der Waals surface area (Å²) in [6, 6.07) is 5.96. The molecule has 0 spiro atoms. The lowest BCUT2D eigenvalue weighted by atomic mass is 9.93. The molecule has 1 aliphatic rings. The molecule has 0 aliphatic heterocycles. The summed E-state index contributed by atoms with van der Waals surface area (Å²) < 4.78 is 37.1. The quantitative estimate of drug-likeness (QED) is 0.827. The van der Waals surface area contributed by atoms with E-state index >= 15 is 0 Å². The van der Waals surface area contributed by atoms with E-state index in [1.165, 1.54) is 18.4 Å². The predicted molar refractivity (Wildman–Crippen MR) is 88.4 cm³/mol. The molecule has 23 heavy (non-hydrogen) atoms. The average Bonchev–Trinajstić information content (AvgIpc) is 2.51. The fourth-order valence-electron chi connectivity index (χ4n) is 3.32. The molecule has 1 saturated carbocycles. The summed E-state index contributed by atoms with van der Waals surface area (Å²) in [6.07, 6.45) is 5.13. The van der Waals surface area contributed by atoms with Crippen molar-refractivity contribution in [3.05, 3.63) is 35.6 Å². The number of benzene rings is 1. The first kappa shape index (κ1) is 17.9. The molecular formula is C17H24FNO3S. The van der Waals surface area contributed by atoms with Crippen LogP contribution in [0.15, 0.2) is 24.3 Å². The molecule has 0 heterocycles. The van der Waals surface area contributed by atoms with Gasteiger partial charge in [-0.3, -0.25) is 4.79 Å². The first-order valence-corrected chi connectivity index (χ1v) is 9.93. The van der Waals surface area contributed by atoms with E-state index in [1.54, 1.807) is 24.1 Å². The van der Waals surface area contributed by atoms with Crippen molar-refractivity contribution in [1.82, 2.24) is 4.90 Å². The Bertz CT molecular complexity index is 660. The number of carbonyl (C=O) groups excluding carboxylic acids is 1. The van der Waals surface area contributed by atoms with Crippen LogP contribution in [-0.2, 0) is 21.1 Å². The zero-order valence-corrected chi connectivity index (χ0v) is 14.5. The zero-order valence-electron chi connectivity index (χ0n) is 13.7. The lowest BCUT2D eigenvalue weighted by molar-refractivity contribution is -0.132. The molecule has 0 N–H and O–H groups in total. The van der Waals surface area contributed by atoms with Crippen LogP contribution in [-0.4, -0.2) is 43.8 Å². The number of rotatable bonds is 5. The van der Waals surface area contributed by atoms with E-state index in [0.29, 0.717) is 12.8 Å². The molecule has 0 radical (unpaired) electrons. The van der Waals surface area contributed by atoms with Gasteiger partial charge in [-0.25, -0.2) is 12.8 Å². The lowest BCUT2D eigenvalue weighted by Gasteiger charge is -2.37. The lowest BCUT2D eigenvalue weighted by Crippen LogP contribution is -2.49. The van der Waals surface area contributed by atoms with E-state index < -0.39 is 15.1 Å². The maximum Gasteiger partial charge on any atom is 0.222 e. The molecule has 1 amide bonds. The van der Waals surface area contributed by atoms with Gasteiger partial charge in [-0.1, -0.05) is 25.0 Å². The smallest absolute Gasteiger partial charge is 0.222 e. The third kappa shape index (κ3) is 4.77. The first-order chi connectivity index (χ1) is 10.8. The maximum atomic E-state index is 13.2. The Morgan fingerprint density at radius 2 is 2.00 bits per heavy atom. The monoisotopic (exact) mass is 341 g/mol. The van der Waals surface area contributed by atoms with Gasteiger partial charge in [0.2, 0.25) is 5.91 Å². The molecule has 2 atom stereocenters. The summed E-state index contributed by atoms with van der Waals surface area (Å²) in [5.74, 6) is -0.400. The van der Waals surface area contributed by atoms with Crippen LogP contribution in [0.4, 0.5) is 4.39 Å². The van der Waals surface area contributed by atoms with Crippen LogP contribution >= 0.6 is 0 Å². The van der Waals surface area contributed by atoms with Gasteiger partial charge in [0.1, 0.15) is 5.82 Å². The minimum absolute atomic E-state index is 0.0881. The van der Waals surface area contributed by atoms with E-state index in [0.717, 1.165) is 24.8 Å². The second kappa shape index (κ2) is 7.43. The predicted octanol–water partition coefficient (Wildman–Crippen LogP) is 2.57. The van der Waals surface area contributed by atoms with Gasteiger partial charge in [-0.15, -0.1) is 0 Å². The largest absolute Gasteiger partial charge is 0.341 e. The molecule has 0 saturated heterocycles. The number of hydrogen-bond acceptors (Lipinski definition) is 3. The minimum atomic E-state index is -3.17. The molecule has 0 bridgehead atoms. The zero-order chi connectivity index (χ0) is 17.0. The van der Waals surface area contributed by atoms with Gasteiger partial charge in [-0.05, 0) is 37.0 Å². The van der Waals surface area contributed by atoms with Crippen molar-refractivity contribution in [2.75, 3.05) is 13.3 Å². The summed E-state index contributed by atoms with van der Waals surface area (Å²) in [7, 11) is -1.49. The van der Waals surface area contributed by atoms with Crippen molar-refractivity contribution in [1.29, 1.82) is 0 Å². The van der Waals surface area contributed by atoms with Crippen LogP contribution < -0.4 is 0 Å². The summed E-state index contributed by atoms with van der Waals surface area (Å²) in [6.45, 7) is 0.